The largest absolute Gasteiger partial charge is 0.507 e. The third-order valence-corrected chi connectivity index (χ3v) is 4.83. The van der Waals surface area contributed by atoms with Crippen molar-refractivity contribution >= 4 is 29.0 Å². The van der Waals surface area contributed by atoms with Crippen LogP contribution in [-0.4, -0.2) is 65.6 Å². The van der Waals surface area contributed by atoms with E-state index < -0.39 is 30.4 Å². The predicted molar refractivity (Wildman–Crippen MR) is 106 cm³/mol. The molecule has 1 aromatic carbocycles. The number of para-hydroxylation sites is 1. The van der Waals surface area contributed by atoms with Crippen molar-refractivity contribution in [3.05, 3.63) is 48.6 Å². The number of benzene rings is 1. The Labute approximate surface area is 170 Å². The average Bonchev–Trinajstić information content (AvgIpc) is 3.28. The summed E-state index contributed by atoms with van der Waals surface area (Å²) in [4.78, 5) is 24.2. The Morgan fingerprint density at radius 1 is 1.23 bits per heavy atom. The molecule has 4 atom stereocenters. The van der Waals surface area contributed by atoms with Crippen LogP contribution in [0.5, 0.6) is 5.75 Å². The topological polar surface area (TPSA) is 169 Å². The molecule has 1 amide bonds. The molecule has 4 rings (SSSR count). The smallest absolute Gasteiger partial charge is 0.244 e. The molecular formula is C19H20N6O5. The van der Waals surface area contributed by atoms with Gasteiger partial charge in [-0.05, 0) is 12.1 Å². The molecule has 11 heteroatoms. The number of phenolic OH excluding ortho intramolecular Hbond substituents is 1. The molecule has 156 valence electrons. The number of hydrogen-bond donors (Lipinski definition) is 5. The van der Waals surface area contributed by atoms with E-state index in [0.717, 1.165) is 0 Å². The van der Waals surface area contributed by atoms with Crippen molar-refractivity contribution in [1.82, 2.24) is 24.8 Å². The van der Waals surface area contributed by atoms with Gasteiger partial charge < -0.3 is 31.1 Å². The van der Waals surface area contributed by atoms with Gasteiger partial charge in [-0.15, -0.1) is 0 Å². The van der Waals surface area contributed by atoms with E-state index >= 15 is 0 Å². The molecule has 3 heterocycles. The van der Waals surface area contributed by atoms with Gasteiger partial charge in [0.05, 0.1) is 6.33 Å². The number of carbonyl (C=O) groups is 1. The molecule has 1 saturated heterocycles. The molecule has 2 aromatic heterocycles. The highest BCUT2D eigenvalue weighted by Gasteiger charge is 2.44. The minimum absolute atomic E-state index is 0.0393. The number of imidazole rings is 1. The number of fused-ring (bicyclic) bond motifs is 1. The third-order valence-electron chi connectivity index (χ3n) is 4.83. The summed E-state index contributed by atoms with van der Waals surface area (Å²) in [6.45, 7) is -0.0393. The lowest BCUT2D eigenvalue weighted by molar-refractivity contribution is -0.117. The Bertz CT molecular complexity index is 1100. The zero-order valence-electron chi connectivity index (χ0n) is 15.7. The second-order valence-corrected chi connectivity index (χ2v) is 6.77. The predicted octanol–water partition coefficient (Wildman–Crippen LogP) is -0.437. The maximum Gasteiger partial charge on any atom is 0.244 e. The highest BCUT2D eigenvalue weighted by atomic mass is 16.6. The lowest BCUT2D eigenvalue weighted by atomic mass is 10.1. The van der Waals surface area contributed by atoms with E-state index in [2.05, 4.69) is 20.3 Å². The van der Waals surface area contributed by atoms with Crippen LogP contribution in [0.25, 0.3) is 17.2 Å². The number of aromatic hydroxyl groups is 1. The minimum Gasteiger partial charge on any atom is -0.507 e. The number of nitrogen functional groups attached to an aromatic ring is 1. The highest BCUT2D eigenvalue weighted by Crippen LogP contribution is 2.31. The van der Waals surface area contributed by atoms with E-state index in [0.29, 0.717) is 16.7 Å². The van der Waals surface area contributed by atoms with Crippen molar-refractivity contribution in [2.24, 2.45) is 0 Å². The summed E-state index contributed by atoms with van der Waals surface area (Å²) >= 11 is 0. The fraction of sp³-hybridized carbons (Fsp3) is 0.263. The van der Waals surface area contributed by atoms with Crippen molar-refractivity contribution in [2.75, 3.05) is 12.3 Å². The number of anilines is 1. The van der Waals surface area contributed by atoms with Gasteiger partial charge in [0.2, 0.25) is 5.91 Å². The second-order valence-electron chi connectivity index (χ2n) is 6.77. The summed E-state index contributed by atoms with van der Waals surface area (Å²) in [5, 5.41) is 33.1. The Hall–Kier alpha value is -3.54. The quantitative estimate of drug-likeness (QED) is 0.349. The first-order valence-corrected chi connectivity index (χ1v) is 9.14. The van der Waals surface area contributed by atoms with E-state index in [1.165, 1.54) is 35.4 Å². The first-order valence-electron chi connectivity index (χ1n) is 9.14. The minimum atomic E-state index is -1.27. The molecule has 1 aliphatic heterocycles. The highest BCUT2D eigenvalue weighted by molar-refractivity contribution is 5.92. The van der Waals surface area contributed by atoms with Crippen molar-refractivity contribution in [1.29, 1.82) is 0 Å². The Balaban J connectivity index is 1.41. The van der Waals surface area contributed by atoms with E-state index in [-0.39, 0.29) is 18.1 Å². The number of nitrogens with zero attached hydrogens (tertiary/aromatic N) is 4. The number of amides is 1. The van der Waals surface area contributed by atoms with Gasteiger partial charge in [0.15, 0.2) is 17.7 Å². The molecule has 3 aromatic rings. The number of carbonyl (C=O) groups excluding carboxylic acids is 1. The molecule has 0 radical (unpaired) electrons. The molecule has 1 aliphatic rings. The van der Waals surface area contributed by atoms with Crippen LogP contribution in [0.4, 0.5) is 5.82 Å². The van der Waals surface area contributed by atoms with Crippen LogP contribution in [0.1, 0.15) is 11.8 Å². The van der Waals surface area contributed by atoms with Gasteiger partial charge in [0.25, 0.3) is 0 Å². The van der Waals surface area contributed by atoms with Crippen molar-refractivity contribution < 1.29 is 24.9 Å². The van der Waals surface area contributed by atoms with Crippen LogP contribution in [0.2, 0.25) is 0 Å². The van der Waals surface area contributed by atoms with Crippen LogP contribution >= 0.6 is 0 Å². The maximum absolute atomic E-state index is 12.1. The number of aliphatic hydroxyl groups is 2. The summed E-state index contributed by atoms with van der Waals surface area (Å²) in [6.07, 6.45) is 1.06. The van der Waals surface area contributed by atoms with Crippen molar-refractivity contribution in [3.63, 3.8) is 0 Å². The van der Waals surface area contributed by atoms with Crippen molar-refractivity contribution in [3.8, 4) is 5.75 Å². The van der Waals surface area contributed by atoms with Gasteiger partial charge >= 0.3 is 0 Å². The Morgan fingerprint density at radius 2 is 2.03 bits per heavy atom. The molecule has 0 aliphatic carbocycles. The summed E-state index contributed by atoms with van der Waals surface area (Å²) in [6, 6.07) is 6.59. The van der Waals surface area contributed by atoms with Gasteiger partial charge in [0, 0.05) is 18.2 Å². The molecule has 6 N–H and O–H groups in total. The average molecular weight is 412 g/mol. The van der Waals surface area contributed by atoms with Gasteiger partial charge in [-0.1, -0.05) is 18.2 Å². The van der Waals surface area contributed by atoms with Crippen LogP contribution in [-0.2, 0) is 9.53 Å². The lowest BCUT2D eigenvalue weighted by Crippen LogP contribution is -2.39. The molecule has 1 unspecified atom stereocenters. The Kier molecular flexibility index (Phi) is 5.31. The van der Waals surface area contributed by atoms with Gasteiger partial charge in [-0.2, -0.15) is 0 Å². The van der Waals surface area contributed by atoms with Crippen LogP contribution in [0.15, 0.2) is 43.0 Å². The summed E-state index contributed by atoms with van der Waals surface area (Å²) in [7, 11) is 0. The van der Waals surface area contributed by atoms with Gasteiger partial charge in [0.1, 0.15) is 35.9 Å². The SMILES string of the molecule is Nc1ncnc2c1ncn2[C@@H]1O[C@H](CNC(=O)C=Cc2ccccc2O)[C@H](O)C1O. The van der Waals surface area contributed by atoms with E-state index in [4.69, 9.17) is 10.5 Å². The fourth-order valence-corrected chi connectivity index (χ4v) is 3.24. The number of phenols is 1. The number of nitrogens with two attached hydrogens (primary N) is 1. The van der Waals surface area contributed by atoms with Crippen molar-refractivity contribution in [2.45, 2.75) is 24.5 Å². The maximum atomic E-state index is 12.1. The molecule has 30 heavy (non-hydrogen) atoms. The van der Waals surface area contributed by atoms with E-state index in [9.17, 15) is 20.1 Å². The molecule has 11 nitrogen and oxygen atoms in total. The van der Waals surface area contributed by atoms with E-state index in [1.54, 1.807) is 18.2 Å². The lowest BCUT2D eigenvalue weighted by Gasteiger charge is -2.16. The second kappa shape index (κ2) is 8.06. The molecular weight excluding hydrogens is 392 g/mol. The number of rotatable bonds is 5. The number of ether oxygens (including phenoxy) is 1. The molecule has 1 fully saturated rings. The first kappa shape index (κ1) is 19.8. The van der Waals surface area contributed by atoms with Crippen LogP contribution in [0.3, 0.4) is 0 Å². The molecule has 0 saturated carbocycles. The zero-order chi connectivity index (χ0) is 21.3. The number of nitrogens with one attached hydrogen (secondary N) is 1. The number of aromatic nitrogens is 4. The van der Waals surface area contributed by atoms with E-state index in [1.807, 2.05) is 0 Å². The summed E-state index contributed by atoms with van der Waals surface area (Å²) in [5.74, 6) is -0.202. The Morgan fingerprint density at radius 3 is 2.83 bits per heavy atom. The third kappa shape index (κ3) is 3.68. The van der Waals surface area contributed by atoms with Gasteiger partial charge in [-0.3, -0.25) is 9.36 Å². The molecule has 0 bridgehead atoms. The zero-order valence-corrected chi connectivity index (χ0v) is 15.7. The van der Waals surface area contributed by atoms with Gasteiger partial charge in [-0.25, -0.2) is 15.0 Å². The van der Waals surface area contributed by atoms with Crippen LogP contribution in [0, 0.1) is 0 Å². The van der Waals surface area contributed by atoms with Crippen LogP contribution < -0.4 is 11.1 Å². The number of aliphatic hydroxyl groups excluding tert-OH is 2. The normalized spacial score (nSPS) is 23.9. The standard InChI is InChI=1S/C19H20N6O5/c20-17-14-18(23-8-22-17)25(9-24-14)19-16(29)15(28)12(30-19)7-21-13(27)6-5-10-3-1-2-4-11(10)26/h1-6,8-9,12,15-16,19,26,28-29H,7H2,(H,21,27)(H2,20,22,23)/t12-,15+,16?,19-/m1/s1. The first-order chi connectivity index (χ1) is 14.5. The number of hydrogen-bond acceptors (Lipinski definition) is 9. The summed E-state index contributed by atoms with van der Waals surface area (Å²) in [5.41, 5.74) is 6.97. The molecule has 0 spiro atoms. The fourth-order valence-electron chi connectivity index (χ4n) is 3.24. The summed E-state index contributed by atoms with van der Waals surface area (Å²) < 4.78 is 7.21. The monoisotopic (exact) mass is 412 g/mol.